The van der Waals surface area contributed by atoms with Gasteiger partial charge in [-0.25, -0.2) is 0 Å². The minimum atomic E-state index is -0.229. The average molecular weight is 313 g/mol. The number of hydrogen-bond acceptors (Lipinski definition) is 3. The second kappa shape index (κ2) is 7.22. The third-order valence-electron chi connectivity index (χ3n) is 4.05. The normalized spacial score (nSPS) is 10.6. The fourth-order valence-corrected chi connectivity index (χ4v) is 2.82. The molecule has 0 aliphatic heterocycles. The van der Waals surface area contributed by atoms with E-state index in [1.807, 2.05) is 18.5 Å². The number of carbonyl (C=O) groups excluding carboxylic acids is 2. The Morgan fingerprint density at radius 1 is 1.17 bits per heavy atom. The Kier molecular flexibility index (Phi) is 5.32. The molecule has 122 valence electrons. The van der Waals surface area contributed by atoms with E-state index in [-0.39, 0.29) is 11.7 Å². The molecular weight excluding hydrogens is 290 g/mol. The molecule has 0 atom stereocenters. The number of rotatable bonds is 6. The molecule has 0 aliphatic carbocycles. The van der Waals surface area contributed by atoms with Gasteiger partial charge in [0.25, 0.3) is 5.91 Å². The summed E-state index contributed by atoms with van der Waals surface area (Å²) in [6.45, 7) is 8.71. The lowest BCUT2D eigenvalue weighted by atomic mass is 10.0. The SMILES string of the molecule is CCc1c(C)nn(CCNC(=O)c2ccccc2C(C)=O)c1C. The van der Waals surface area contributed by atoms with Gasteiger partial charge in [0.05, 0.1) is 17.8 Å². The van der Waals surface area contributed by atoms with Crippen molar-refractivity contribution in [1.82, 2.24) is 15.1 Å². The van der Waals surface area contributed by atoms with Gasteiger partial charge < -0.3 is 5.32 Å². The molecule has 2 rings (SSSR count). The van der Waals surface area contributed by atoms with Crippen molar-refractivity contribution in [2.45, 2.75) is 40.7 Å². The van der Waals surface area contributed by atoms with Crippen molar-refractivity contribution in [2.75, 3.05) is 6.54 Å². The van der Waals surface area contributed by atoms with Crippen LogP contribution in [0.3, 0.4) is 0 Å². The molecule has 1 aromatic carbocycles. The number of aryl methyl sites for hydroxylation is 1. The van der Waals surface area contributed by atoms with Gasteiger partial charge in [-0.1, -0.05) is 25.1 Å². The lowest BCUT2D eigenvalue weighted by molar-refractivity contribution is 0.0937. The summed E-state index contributed by atoms with van der Waals surface area (Å²) in [4.78, 5) is 23.9. The van der Waals surface area contributed by atoms with Gasteiger partial charge in [0.1, 0.15) is 0 Å². The molecule has 0 saturated carbocycles. The topological polar surface area (TPSA) is 64.0 Å². The molecule has 0 spiro atoms. The van der Waals surface area contributed by atoms with Crippen LogP contribution < -0.4 is 5.32 Å². The summed E-state index contributed by atoms with van der Waals surface area (Å²) in [5.74, 6) is -0.338. The first-order chi connectivity index (χ1) is 11.0. The van der Waals surface area contributed by atoms with Gasteiger partial charge >= 0.3 is 0 Å². The lowest BCUT2D eigenvalue weighted by Gasteiger charge is -2.09. The number of nitrogens with one attached hydrogen (secondary N) is 1. The quantitative estimate of drug-likeness (QED) is 0.834. The Morgan fingerprint density at radius 3 is 2.39 bits per heavy atom. The van der Waals surface area contributed by atoms with Crippen molar-refractivity contribution in [1.29, 1.82) is 0 Å². The zero-order valence-corrected chi connectivity index (χ0v) is 14.1. The standard InChI is InChI=1S/C18H23N3O2/c1-5-15-12(2)20-21(13(15)3)11-10-19-18(23)17-9-7-6-8-16(17)14(4)22/h6-9H,5,10-11H2,1-4H3,(H,19,23). The Hall–Kier alpha value is -2.43. The van der Waals surface area contributed by atoms with Crippen molar-refractivity contribution in [2.24, 2.45) is 0 Å². The van der Waals surface area contributed by atoms with Gasteiger partial charge in [-0.2, -0.15) is 5.10 Å². The number of Topliss-reactive ketones (excluding diaryl/α,β-unsaturated/α-hetero) is 1. The van der Waals surface area contributed by atoms with Crippen molar-refractivity contribution < 1.29 is 9.59 Å². The number of ketones is 1. The minimum absolute atomic E-state index is 0.109. The van der Waals surface area contributed by atoms with Gasteiger partial charge in [-0.3, -0.25) is 14.3 Å². The fraction of sp³-hybridized carbons (Fsp3) is 0.389. The maximum Gasteiger partial charge on any atom is 0.252 e. The molecule has 0 unspecified atom stereocenters. The first-order valence-corrected chi connectivity index (χ1v) is 7.86. The third-order valence-corrected chi connectivity index (χ3v) is 4.05. The molecule has 1 aromatic heterocycles. The Bertz CT molecular complexity index is 732. The molecule has 1 amide bonds. The van der Waals surface area contributed by atoms with E-state index in [2.05, 4.69) is 17.3 Å². The van der Waals surface area contributed by atoms with Crippen LogP contribution in [0.25, 0.3) is 0 Å². The first-order valence-electron chi connectivity index (χ1n) is 7.86. The number of amides is 1. The van der Waals surface area contributed by atoms with Crippen molar-refractivity contribution in [3.63, 3.8) is 0 Å². The summed E-state index contributed by atoms with van der Waals surface area (Å²) in [6.07, 6.45) is 0.954. The highest BCUT2D eigenvalue weighted by Gasteiger charge is 2.14. The molecule has 0 bridgehead atoms. The average Bonchev–Trinajstić information content (AvgIpc) is 2.80. The monoisotopic (exact) mass is 313 g/mol. The maximum absolute atomic E-state index is 12.3. The van der Waals surface area contributed by atoms with Crippen LogP contribution in [0, 0.1) is 13.8 Å². The second-order valence-electron chi connectivity index (χ2n) is 5.58. The zero-order chi connectivity index (χ0) is 17.0. The largest absolute Gasteiger partial charge is 0.350 e. The number of aromatic nitrogens is 2. The van der Waals surface area contributed by atoms with E-state index in [9.17, 15) is 9.59 Å². The molecule has 5 nitrogen and oxygen atoms in total. The Labute approximate surface area is 136 Å². The lowest BCUT2D eigenvalue weighted by Crippen LogP contribution is -2.29. The summed E-state index contributed by atoms with van der Waals surface area (Å²) in [6, 6.07) is 6.86. The summed E-state index contributed by atoms with van der Waals surface area (Å²) >= 11 is 0. The van der Waals surface area contributed by atoms with E-state index in [1.165, 1.54) is 12.5 Å². The minimum Gasteiger partial charge on any atom is -0.350 e. The third kappa shape index (κ3) is 3.67. The van der Waals surface area contributed by atoms with E-state index in [0.29, 0.717) is 24.2 Å². The first kappa shape index (κ1) is 16.9. The van der Waals surface area contributed by atoms with Gasteiger partial charge in [-0.05, 0) is 38.8 Å². The highest BCUT2D eigenvalue weighted by atomic mass is 16.2. The molecule has 1 N–H and O–H groups in total. The summed E-state index contributed by atoms with van der Waals surface area (Å²) in [5, 5.41) is 7.37. The van der Waals surface area contributed by atoms with Crippen LogP contribution in [-0.2, 0) is 13.0 Å². The predicted molar refractivity (Wildman–Crippen MR) is 89.9 cm³/mol. The number of hydrogen-bond donors (Lipinski definition) is 1. The summed E-state index contributed by atoms with van der Waals surface area (Å²) in [7, 11) is 0. The molecule has 2 aromatic rings. The molecule has 0 radical (unpaired) electrons. The Morgan fingerprint density at radius 2 is 1.83 bits per heavy atom. The van der Waals surface area contributed by atoms with Crippen LogP contribution in [0.15, 0.2) is 24.3 Å². The number of carbonyl (C=O) groups is 2. The smallest absolute Gasteiger partial charge is 0.252 e. The molecule has 5 heteroatoms. The Balaban J connectivity index is 2.02. The van der Waals surface area contributed by atoms with E-state index in [1.54, 1.807) is 24.3 Å². The maximum atomic E-state index is 12.3. The second-order valence-corrected chi connectivity index (χ2v) is 5.58. The van der Waals surface area contributed by atoms with Crippen LogP contribution in [-0.4, -0.2) is 28.0 Å². The van der Waals surface area contributed by atoms with Crippen LogP contribution in [0.2, 0.25) is 0 Å². The highest BCUT2D eigenvalue weighted by molar-refractivity contribution is 6.07. The van der Waals surface area contributed by atoms with Crippen molar-refractivity contribution in [3.05, 3.63) is 52.3 Å². The predicted octanol–water partition coefficient (Wildman–Crippen LogP) is 2.69. The van der Waals surface area contributed by atoms with Crippen LogP contribution in [0.1, 0.15) is 51.5 Å². The van der Waals surface area contributed by atoms with E-state index in [0.717, 1.165) is 17.8 Å². The van der Waals surface area contributed by atoms with Crippen LogP contribution in [0.4, 0.5) is 0 Å². The van der Waals surface area contributed by atoms with Gasteiger partial charge in [0.15, 0.2) is 5.78 Å². The molecule has 23 heavy (non-hydrogen) atoms. The van der Waals surface area contributed by atoms with Gasteiger partial charge in [0.2, 0.25) is 0 Å². The summed E-state index contributed by atoms with van der Waals surface area (Å²) < 4.78 is 1.92. The van der Waals surface area contributed by atoms with E-state index >= 15 is 0 Å². The number of benzene rings is 1. The van der Waals surface area contributed by atoms with Crippen LogP contribution >= 0.6 is 0 Å². The molecule has 0 aliphatic rings. The number of nitrogens with zero attached hydrogens (tertiary/aromatic N) is 2. The van der Waals surface area contributed by atoms with Crippen molar-refractivity contribution in [3.8, 4) is 0 Å². The molecule has 1 heterocycles. The van der Waals surface area contributed by atoms with E-state index < -0.39 is 0 Å². The molecular formula is C18H23N3O2. The van der Waals surface area contributed by atoms with Gasteiger partial charge in [-0.15, -0.1) is 0 Å². The molecule has 0 saturated heterocycles. The van der Waals surface area contributed by atoms with E-state index in [4.69, 9.17) is 0 Å². The fourth-order valence-electron chi connectivity index (χ4n) is 2.82. The molecule has 0 fully saturated rings. The van der Waals surface area contributed by atoms with Gasteiger partial charge in [0, 0.05) is 17.8 Å². The zero-order valence-electron chi connectivity index (χ0n) is 14.1. The van der Waals surface area contributed by atoms with Crippen molar-refractivity contribution >= 4 is 11.7 Å². The summed E-state index contributed by atoms with van der Waals surface area (Å²) in [5.41, 5.74) is 4.31. The highest BCUT2D eigenvalue weighted by Crippen LogP contribution is 2.13. The van der Waals surface area contributed by atoms with Crippen LogP contribution in [0.5, 0.6) is 0 Å².